The Balaban J connectivity index is 1.79. The van der Waals surface area contributed by atoms with Gasteiger partial charge in [-0.2, -0.15) is 0 Å². The van der Waals surface area contributed by atoms with Crippen molar-refractivity contribution in [2.24, 2.45) is 22.7 Å². The highest BCUT2D eigenvalue weighted by molar-refractivity contribution is 5.73. The van der Waals surface area contributed by atoms with E-state index in [2.05, 4.69) is 38.8 Å². The molecule has 160 valence electrons. The molecule has 1 aromatic heterocycles. The molecule has 0 unspecified atom stereocenters. The second-order valence-electron chi connectivity index (χ2n) is 9.97. The summed E-state index contributed by atoms with van der Waals surface area (Å²) < 4.78 is 0. The Bertz CT molecular complexity index is 1050. The van der Waals surface area contributed by atoms with Crippen LogP contribution in [-0.4, -0.2) is 15.2 Å². The van der Waals surface area contributed by atoms with Crippen molar-refractivity contribution in [2.75, 3.05) is 0 Å². The lowest BCUT2D eigenvalue weighted by atomic mass is 9.47. The van der Waals surface area contributed by atoms with Crippen molar-refractivity contribution in [3.8, 4) is 22.6 Å². The lowest BCUT2D eigenvalue weighted by Crippen LogP contribution is -2.50. The summed E-state index contributed by atoms with van der Waals surface area (Å²) in [6.07, 6.45) is 9.26. The number of phenols is 2. The Hall–Kier alpha value is -2.49. The van der Waals surface area contributed by atoms with Gasteiger partial charge in [-0.3, -0.25) is 4.79 Å². The Morgan fingerprint density at radius 2 is 1.93 bits per heavy atom. The summed E-state index contributed by atoms with van der Waals surface area (Å²) in [6.45, 7) is 9.37. The number of hydrogen-bond donors (Lipinski definition) is 3. The first-order valence-corrected chi connectivity index (χ1v) is 11.1. The molecular weight excluding hydrogens is 374 g/mol. The number of allylic oxidation sites excluding steroid dienone is 2. The third kappa shape index (κ3) is 3.17. The molecule has 4 nitrogen and oxygen atoms in total. The molecule has 4 heteroatoms. The highest BCUT2D eigenvalue weighted by Gasteiger charge is 2.53. The van der Waals surface area contributed by atoms with Gasteiger partial charge in [-0.05, 0) is 91.5 Å². The van der Waals surface area contributed by atoms with Crippen molar-refractivity contribution in [1.29, 1.82) is 0 Å². The van der Waals surface area contributed by atoms with Gasteiger partial charge in [0.05, 0.1) is 5.56 Å². The molecule has 0 aliphatic heterocycles. The first-order valence-electron chi connectivity index (χ1n) is 11.1. The van der Waals surface area contributed by atoms with Crippen LogP contribution in [-0.2, 0) is 6.42 Å². The Morgan fingerprint density at radius 3 is 2.67 bits per heavy atom. The summed E-state index contributed by atoms with van der Waals surface area (Å²) in [7, 11) is 0. The molecule has 0 saturated heterocycles. The Kier molecular flexibility index (Phi) is 5.08. The minimum atomic E-state index is -0.276. The van der Waals surface area contributed by atoms with E-state index in [9.17, 15) is 15.0 Å². The van der Waals surface area contributed by atoms with E-state index in [0.717, 1.165) is 24.8 Å². The zero-order chi connectivity index (χ0) is 21.7. The van der Waals surface area contributed by atoms with Gasteiger partial charge >= 0.3 is 0 Å². The van der Waals surface area contributed by atoms with Gasteiger partial charge in [0.15, 0.2) is 0 Å². The number of aromatic amines is 1. The highest BCUT2D eigenvalue weighted by Crippen LogP contribution is 2.61. The maximum atomic E-state index is 12.3. The van der Waals surface area contributed by atoms with Crippen molar-refractivity contribution in [3.05, 3.63) is 58.0 Å². The van der Waals surface area contributed by atoms with E-state index >= 15 is 0 Å². The molecule has 1 saturated carbocycles. The first-order chi connectivity index (χ1) is 14.2. The summed E-state index contributed by atoms with van der Waals surface area (Å²) in [6, 6.07) is 6.56. The molecule has 2 aliphatic carbocycles. The molecule has 0 spiro atoms. The van der Waals surface area contributed by atoms with E-state index in [1.807, 2.05) is 0 Å². The minimum Gasteiger partial charge on any atom is -0.508 e. The van der Waals surface area contributed by atoms with Gasteiger partial charge < -0.3 is 15.2 Å². The predicted octanol–water partition coefficient (Wildman–Crippen LogP) is 5.79. The fraction of sp³-hybridized carbons (Fsp3) is 0.500. The molecule has 2 aliphatic rings. The van der Waals surface area contributed by atoms with Crippen LogP contribution < -0.4 is 5.56 Å². The van der Waals surface area contributed by atoms with Gasteiger partial charge in [-0.1, -0.05) is 32.4 Å². The molecule has 1 aromatic carbocycles. The molecular formula is C26H33NO3. The minimum absolute atomic E-state index is 0.00578. The quantitative estimate of drug-likeness (QED) is 0.445. The van der Waals surface area contributed by atoms with Crippen LogP contribution in [0.1, 0.15) is 58.9 Å². The van der Waals surface area contributed by atoms with Crippen LogP contribution in [0.2, 0.25) is 0 Å². The molecule has 2 aromatic rings. The lowest BCUT2D eigenvalue weighted by Gasteiger charge is -2.58. The summed E-state index contributed by atoms with van der Waals surface area (Å²) >= 11 is 0. The normalized spacial score (nSPS) is 31.1. The Morgan fingerprint density at radius 1 is 1.17 bits per heavy atom. The van der Waals surface area contributed by atoms with Crippen LogP contribution in [0, 0.1) is 22.7 Å². The highest BCUT2D eigenvalue weighted by atomic mass is 16.3. The standard InChI is InChI=1S/C26H33NO3/c1-16-7-5-9-22-25(16,3)11-10-17(2)26(22,4)15-18-13-19(28)14-21(23(18)29)20-8-6-12-27-24(20)30/h6-8,12-14,17,22,28-29H,5,9-11,15H2,1-4H3,(H,27,30)/t17-,22+,25+,26+/m0/s1. The maximum absolute atomic E-state index is 12.3. The SMILES string of the molecule is CC1=CCC[C@H]2[C@](C)(Cc3cc(O)cc(-c4ccc[nH]c4=O)c3O)[C@@H](C)CC[C@]12C. The number of pyridine rings is 1. The molecule has 30 heavy (non-hydrogen) atoms. The van der Waals surface area contributed by atoms with Crippen molar-refractivity contribution in [1.82, 2.24) is 4.98 Å². The number of nitrogens with one attached hydrogen (secondary N) is 1. The van der Waals surface area contributed by atoms with Gasteiger partial charge in [-0.15, -0.1) is 0 Å². The number of aromatic hydroxyl groups is 2. The maximum Gasteiger partial charge on any atom is 0.255 e. The van der Waals surface area contributed by atoms with E-state index in [4.69, 9.17) is 0 Å². The smallest absolute Gasteiger partial charge is 0.255 e. The van der Waals surface area contributed by atoms with E-state index in [1.54, 1.807) is 24.4 Å². The van der Waals surface area contributed by atoms with Gasteiger partial charge in [0, 0.05) is 11.8 Å². The van der Waals surface area contributed by atoms with E-state index in [1.165, 1.54) is 18.1 Å². The van der Waals surface area contributed by atoms with Gasteiger partial charge in [0.1, 0.15) is 11.5 Å². The average Bonchev–Trinajstić information content (AvgIpc) is 2.70. The van der Waals surface area contributed by atoms with Crippen LogP contribution in [0.3, 0.4) is 0 Å². The van der Waals surface area contributed by atoms with Gasteiger partial charge in [0.25, 0.3) is 5.56 Å². The van der Waals surface area contributed by atoms with Crippen molar-refractivity contribution >= 4 is 0 Å². The second-order valence-corrected chi connectivity index (χ2v) is 9.97. The number of fused-ring (bicyclic) bond motifs is 1. The first kappa shape index (κ1) is 20.8. The average molecular weight is 408 g/mol. The zero-order valence-electron chi connectivity index (χ0n) is 18.5. The fourth-order valence-corrected chi connectivity index (χ4v) is 6.27. The van der Waals surface area contributed by atoms with E-state index in [0.29, 0.717) is 29.4 Å². The lowest BCUT2D eigenvalue weighted by molar-refractivity contribution is -0.0412. The third-order valence-corrected chi connectivity index (χ3v) is 8.45. The molecule has 4 atom stereocenters. The van der Waals surface area contributed by atoms with Crippen LogP contribution in [0.15, 0.2) is 46.9 Å². The number of phenolic OH excluding ortho intramolecular Hbond substituents is 2. The summed E-state index contributed by atoms with van der Waals surface area (Å²) in [5, 5.41) is 21.6. The summed E-state index contributed by atoms with van der Waals surface area (Å²) in [4.78, 5) is 15.0. The van der Waals surface area contributed by atoms with E-state index < -0.39 is 0 Å². The molecule has 4 rings (SSSR count). The Labute approximate surface area is 178 Å². The van der Waals surface area contributed by atoms with Crippen LogP contribution in [0.4, 0.5) is 0 Å². The second kappa shape index (κ2) is 7.33. The summed E-state index contributed by atoms with van der Waals surface area (Å²) in [5.74, 6) is 1.21. The van der Waals surface area contributed by atoms with Crippen molar-refractivity contribution < 1.29 is 10.2 Å². The number of rotatable bonds is 3. The summed E-state index contributed by atoms with van der Waals surface area (Å²) in [5.41, 5.74) is 2.88. The third-order valence-electron chi connectivity index (χ3n) is 8.45. The number of hydrogen-bond acceptors (Lipinski definition) is 3. The van der Waals surface area contributed by atoms with Crippen molar-refractivity contribution in [2.45, 2.75) is 59.8 Å². The monoisotopic (exact) mass is 407 g/mol. The topological polar surface area (TPSA) is 73.3 Å². The van der Waals surface area contributed by atoms with Crippen LogP contribution in [0.25, 0.3) is 11.1 Å². The van der Waals surface area contributed by atoms with Crippen LogP contribution in [0.5, 0.6) is 11.5 Å². The predicted molar refractivity (Wildman–Crippen MR) is 121 cm³/mol. The molecule has 1 fully saturated rings. The number of H-pyrrole nitrogens is 1. The van der Waals surface area contributed by atoms with Gasteiger partial charge in [-0.25, -0.2) is 0 Å². The molecule has 1 heterocycles. The molecule has 0 bridgehead atoms. The fourth-order valence-electron chi connectivity index (χ4n) is 6.27. The molecule has 0 radical (unpaired) electrons. The zero-order valence-corrected chi connectivity index (χ0v) is 18.5. The van der Waals surface area contributed by atoms with E-state index in [-0.39, 0.29) is 27.9 Å². The van der Waals surface area contributed by atoms with Crippen molar-refractivity contribution in [3.63, 3.8) is 0 Å². The van der Waals surface area contributed by atoms with Gasteiger partial charge in [0.2, 0.25) is 0 Å². The van der Waals surface area contributed by atoms with Crippen LogP contribution >= 0.6 is 0 Å². The number of aromatic nitrogens is 1. The number of benzene rings is 1. The largest absolute Gasteiger partial charge is 0.508 e. The molecule has 0 amide bonds. The molecule has 3 N–H and O–H groups in total.